The monoisotopic (exact) mass is 159 g/mol. The molecule has 0 aromatic carbocycles. The molecule has 1 rings (SSSR count). The van der Waals surface area contributed by atoms with Crippen LogP contribution in [0, 0.1) is 5.21 Å². The smallest absolute Gasteiger partial charge is 0.792 e. The van der Waals surface area contributed by atoms with Gasteiger partial charge in [-0.05, 0) is 30.7 Å². The number of carbonyl (C=O) groups is 1. The van der Waals surface area contributed by atoms with Crippen LogP contribution in [0.15, 0.2) is 29.0 Å². The molecule has 0 atom stereocenters. The van der Waals surface area contributed by atoms with E-state index in [-0.39, 0.29) is 35.3 Å². The maximum atomic E-state index is 10.7. The van der Waals surface area contributed by atoms with Crippen LogP contribution in [-0.4, -0.2) is 11.5 Å². The molecule has 3 nitrogen and oxygen atoms in total. The van der Waals surface area contributed by atoms with E-state index in [2.05, 4.69) is 5.16 Å². The molecular formula is C7H6NNaO2. The van der Waals surface area contributed by atoms with Gasteiger partial charge >= 0.3 is 29.6 Å². The summed E-state index contributed by atoms with van der Waals surface area (Å²) in [6.45, 7) is 1.65. The van der Waals surface area contributed by atoms with Crippen molar-refractivity contribution in [2.75, 3.05) is 0 Å². The Balaban J connectivity index is 0.000001000. The number of allylic oxidation sites excluding steroid dienone is 4. The standard InChI is InChI=1S/C7H7NO2.Na/c1-5-4-6(8-10)2-3-7(5)9;/h2-4,10H,1H3;/q;+1/p-1/b8-6+;. The van der Waals surface area contributed by atoms with E-state index in [1.165, 1.54) is 18.2 Å². The maximum absolute atomic E-state index is 10.7. The van der Waals surface area contributed by atoms with Crippen LogP contribution in [-0.2, 0) is 4.79 Å². The SMILES string of the molecule is CC1=C/C(=N/[O-])C=CC1=O.[Na+]. The summed E-state index contributed by atoms with van der Waals surface area (Å²) in [7, 11) is 0. The zero-order valence-corrected chi connectivity index (χ0v) is 8.50. The number of rotatable bonds is 0. The zero-order chi connectivity index (χ0) is 7.56. The van der Waals surface area contributed by atoms with Crippen LogP contribution in [0.25, 0.3) is 0 Å². The fraction of sp³-hybridized carbons (Fsp3) is 0.143. The number of hydrogen-bond acceptors (Lipinski definition) is 3. The van der Waals surface area contributed by atoms with Gasteiger partial charge in [0.15, 0.2) is 5.78 Å². The Morgan fingerprint density at radius 1 is 1.45 bits per heavy atom. The average Bonchev–Trinajstić information content (AvgIpc) is 1.95. The van der Waals surface area contributed by atoms with E-state index in [0.29, 0.717) is 11.3 Å². The molecule has 0 saturated heterocycles. The molecule has 0 aromatic heterocycles. The Kier molecular flexibility index (Phi) is 4.33. The summed E-state index contributed by atoms with van der Waals surface area (Å²) in [5.74, 6) is -0.0626. The van der Waals surface area contributed by atoms with E-state index in [1.807, 2.05) is 0 Å². The molecule has 11 heavy (non-hydrogen) atoms. The minimum absolute atomic E-state index is 0. The largest absolute Gasteiger partial charge is 1.00 e. The van der Waals surface area contributed by atoms with Crippen molar-refractivity contribution in [3.63, 3.8) is 0 Å². The van der Waals surface area contributed by atoms with Crippen LogP contribution in [0.5, 0.6) is 0 Å². The van der Waals surface area contributed by atoms with Crippen molar-refractivity contribution in [3.05, 3.63) is 29.0 Å². The third kappa shape index (κ3) is 2.61. The predicted octanol–water partition coefficient (Wildman–Crippen LogP) is -1.99. The molecular weight excluding hydrogens is 153 g/mol. The summed E-state index contributed by atoms with van der Waals surface area (Å²) in [6, 6.07) is 0. The molecule has 0 aromatic rings. The van der Waals surface area contributed by atoms with Gasteiger partial charge in [0.1, 0.15) is 0 Å². The van der Waals surface area contributed by atoms with E-state index in [9.17, 15) is 10.0 Å². The first-order valence-corrected chi connectivity index (χ1v) is 2.85. The minimum Gasteiger partial charge on any atom is -0.792 e. The summed E-state index contributed by atoms with van der Waals surface area (Å²) in [4.78, 5) is 10.7. The molecule has 0 N–H and O–H groups in total. The zero-order valence-electron chi connectivity index (χ0n) is 6.50. The van der Waals surface area contributed by atoms with Gasteiger partial charge in [-0.2, -0.15) is 0 Å². The fourth-order valence-electron chi connectivity index (χ4n) is 0.690. The summed E-state index contributed by atoms with van der Waals surface area (Å²) in [5.41, 5.74) is 0.856. The van der Waals surface area contributed by atoms with Gasteiger partial charge in [0, 0.05) is 0 Å². The Hall–Kier alpha value is -0.380. The van der Waals surface area contributed by atoms with Gasteiger partial charge in [0.2, 0.25) is 0 Å². The van der Waals surface area contributed by atoms with E-state index in [0.717, 1.165) is 0 Å². The number of nitrogens with zero attached hydrogens (tertiary/aromatic N) is 1. The van der Waals surface area contributed by atoms with Crippen molar-refractivity contribution < 1.29 is 34.4 Å². The summed E-state index contributed by atoms with van der Waals surface area (Å²) in [5, 5.41) is 12.6. The molecule has 52 valence electrons. The molecule has 0 unspecified atom stereocenters. The second kappa shape index (κ2) is 4.49. The minimum atomic E-state index is -0.0626. The van der Waals surface area contributed by atoms with Crippen molar-refractivity contribution >= 4 is 11.5 Å². The first kappa shape index (κ1) is 10.6. The van der Waals surface area contributed by atoms with Crippen molar-refractivity contribution in [1.29, 1.82) is 0 Å². The molecule has 0 fully saturated rings. The van der Waals surface area contributed by atoms with Crippen LogP contribution in [0.4, 0.5) is 0 Å². The first-order valence-electron chi connectivity index (χ1n) is 2.85. The fourth-order valence-corrected chi connectivity index (χ4v) is 0.690. The van der Waals surface area contributed by atoms with Crippen LogP contribution < -0.4 is 29.6 Å². The molecule has 0 amide bonds. The number of ketones is 1. The topological polar surface area (TPSA) is 52.5 Å². The molecule has 0 heterocycles. The molecule has 4 heteroatoms. The van der Waals surface area contributed by atoms with Crippen LogP contribution in [0.3, 0.4) is 0 Å². The summed E-state index contributed by atoms with van der Waals surface area (Å²) >= 11 is 0. The van der Waals surface area contributed by atoms with Gasteiger partial charge in [-0.25, -0.2) is 0 Å². The molecule has 0 radical (unpaired) electrons. The van der Waals surface area contributed by atoms with Crippen molar-refractivity contribution in [3.8, 4) is 0 Å². The van der Waals surface area contributed by atoms with Crippen molar-refractivity contribution in [2.24, 2.45) is 5.16 Å². The van der Waals surface area contributed by atoms with Gasteiger partial charge in [-0.1, -0.05) is 0 Å². The van der Waals surface area contributed by atoms with Crippen LogP contribution in [0.1, 0.15) is 6.92 Å². The van der Waals surface area contributed by atoms with E-state index in [1.54, 1.807) is 6.92 Å². The molecule has 1 aliphatic rings. The first-order chi connectivity index (χ1) is 4.74. The quantitative estimate of drug-likeness (QED) is 0.233. The van der Waals surface area contributed by atoms with Crippen molar-refractivity contribution in [2.45, 2.75) is 6.92 Å². The summed E-state index contributed by atoms with van der Waals surface area (Å²) < 4.78 is 0. The molecule has 0 aliphatic heterocycles. The third-order valence-electron chi connectivity index (χ3n) is 1.26. The van der Waals surface area contributed by atoms with E-state index in [4.69, 9.17) is 0 Å². The van der Waals surface area contributed by atoms with Gasteiger partial charge in [-0.15, -0.1) is 0 Å². The van der Waals surface area contributed by atoms with Crippen molar-refractivity contribution in [1.82, 2.24) is 0 Å². The van der Waals surface area contributed by atoms with Gasteiger partial charge < -0.3 is 10.4 Å². The Labute approximate surface area is 86.8 Å². The molecule has 1 aliphatic carbocycles. The Morgan fingerprint density at radius 3 is 2.55 bits per heavy atom. The van der Waals surface area contributed by atoms with E-state index >= 15 is 0 Å². The van der Waals surface area contributed by atoms with Crippen LogP contribution >= 0.6 is 0 Å². The Morgan fingerprint density at radius 2 is 2.09 bits per heavy atom. The third-order valence-corrected chi connectivity index (χ3v) is 1.26. The second-order valence-electron chi connectivity index (χ2n) is 2.04. The number of hydrogen-bond donors (Lipinski definition) is 0. The van der Waals surface area contributed by atoms with Crippen LogP contribution in [0.2, 0.25) is 0 Å². The second-order valence-corrected chi connectivity index (χ2v) is 2.04. The van der Waals surface area contributed by atoms with Gasteiger partial charge in [0.25, 0.3) is 0 Å². The average molecular weight is 159 g/mol. The normalized spacial score (nSPS) is 19.5. The summed E-state index contributed by atoms with van der Waals surface area (Å²) in [6.07, 6.45) is 4.21. The molecule has 0 bridgehead atoms. The maximum Gasteiger partial charge on any atom is 1.00 e. The van der Waals surface area contributed by atoms with Gasteiger partial charge in [-0.3, -0.25) is 4.79 Å². The molecule has 0 saturated carbocycles. The molecule has 0 spiro atoms. The Bertz CT molecular complexity index is 253. The predicted molar refractivity (Wildman–Crippen MR) is 38.7 cm³/mol. The number of carbonyl (C=O) groups excluding carboxylic acids is 1. The van der Waals surface area contributed by atoms with Gasteiger partial charge in [0.05, 0.1) is 5.71 Å². The van der Waals surface area contributed by atoms with E-state index < -0.39 is 0 Å².